The monoisotopic (exact) mass is 492 g/mol. The van der Waals surface area contributed by atoms with E-state index in [1.807, 2.05) is 16.7 Å². The van der Waals surface area contributed by atoms with E-state index >= 15 is 0 Å². The van der Waals surface area contributed by atoms with Gasteiger partial charge in [0.2, 0.25) is 5.91 Å². The Balaban J connectivity index is 1.47. The fourth-order valence-corrected chi connectivity index (χ4v) is 4.55. The molecule has 0 atom stereocenters. The second-order valence-electron chi connectivity index (χ2n) is 7.09. The minimum atomic E-state index is -0.226. The van der Waals surface area contributed by atoms with Crippen molar-refractivity contribution < 1.29 is 9.53 Å². The number of aromatic nitrogens is 4. The summed E-state index contributed by atoms with van der Waals surface area (Å²) in [5.41, 5.74) is 1.28. The zero-order chi connectivity index (χ0) is 22.3. The molecule has 0 saturated carbocycles. The van der Waals surface area contributed by atoms with Crippen LogP contribution in [-0.2, 0) is 16.1 Å². The summed E-state index contributed by atoms with van der Waals surface area (Å²) in [5.74, 6) is 0.642. The lowest BCUT2D eigenvalue weighted by molar-refractivity contribution is -0.113. The first-order valence-electron chi connectivity index (χ1n) is 10.1. The Kier molecular flexibility index (Phi) is 7.99. The number of rotatable bonds is 8. The van der Waals surface area contributed by atoms with Crippen molar-refractivity contribution in [2.75, 3.05) is 43.9 Å². The van der Waals surface area contributed by atoms with Crippen molar-refractivity contribution in [2.45, 2.75) is 11.7 Å². The van der Waals surface area contributed by atoms with Crippen LogP contribution in [0.5, 0.6) is 0 Å². The van der Waals surface area contributed by atoms with Crippen LogP contribution in [0.25, 0.3) is 11.4 Å². The van der Waals surface area contributed by atoms with Crippen molar-refractivity contribution in [3.05, 3.63) is 52.8 Å². The predicted octanol–water partition coefficient (Wildman–Crippen LogP) is 3.71. The Morgan fingerprint density at radius 1 is 1.09 bits per heavy atom. The number of benzene rings is 1. The van der Waals surface area contributed by atoms with Gasteiger partial charge in [-0.25, -0.2) is 0 Å². The lowest BCUT2D eigenvalue weighted by atomic mass is 10.2. The molecular formula is C21H22Cl2N6O2S. The Labute approximate surface area is 200 Å². The fraction of sp³-hybridized carbons (Fsp3) is 0.333. The molecule has 32 heavy (non-hydrogen) atoms. The number of halogens is 2. The summed E-state index contributed by atoms with van der Waals surface area (Å²) in [5, 5.41) is 12.9. The van der Waals surface area contributed by atoms with Gasteiger partial charge in [-0.3, -0.25) is 14.7 Å². The van der Waals surface area contributed by atoms with Crippen LogP contribution in [0.4, 0.5) is 5.69 Å². The average Bonchev–Trinajstić information content (AvgIpc) is 3.23. The largest absolute Gasteiger partial charge is 0.379 e. The Hall–Kier alpha value is -2.17. The second-order valence-corrected chi connectivity index (χ2v) is 8.84. The van der Waals surface area contributed by atoms with Gasteiger partial charge in [-0.05, 0) is 24.3 Å². The van der Waals surface area contributed by atoms with Gasteiger partial charge < -0.3 is 14.6 Å². The van der Waals surface area contributed by atoms with Crippen LogP contribution >= 0.6 is 35.0 Å². The molecule has 2 aromatic heterocycles. The molecule has 1 amide bonds. The first kappa shape index (κ1) is 23.0. The predicted molar refractivity (Wildman–Crippen MR) is 126 cm³/mol. The minimum Gasteiger partial charge on any atom is -0.379 e. The third-order valence-electron chi connectivity index (χ3n) is 4.94. The number of thioether (sulfide) groups is 1. The summed E-state index contributed by atoms with van der Waals surface area (Å²) in [6, 6.07) is 8.90. The highest BCUT2D eigenvalue weighted by Gasteiger charge is 2.18. The molecular weight excluding hydrogens is 471 g/mol. The highest BCUT2D eigenvalue weighted by atomic mass is 35.5. The van der Waals surface area contributed by atoms with E-state index in [0.29, 0.717) is 27.4 Å². The summed E-state index contributed by atoms with van der Waals surface area (Å²) in [7, 11) is 0. The molecule has 168 valence electrons. The van der Waals surface area contributed by atoms with Gasteiger partial charge in [0.1, 0.15) is 0 Å². The van der Waals surface area contributed by atoms with Gasteiger partial charge >= 0.3 is 0 Å². The molecule has 0 aliphatic carbocycles. The van der Waals surface area contributed by atoms with Crippen LogP contribution in [0, 0.1) is 0 Å². The maximum atomic E-state index is 12.5. The smallest absolute Gasteiger partial charge is 0.234 e. The molecule has 1 saturated heterocycles. The minimum absolute atomic E-state index is 0.143. The molecule has 3 aromatic rings. The van der Waals surface area contributed by atoms with E-state index < -0.39 is 0 Å². The number of anilines is 1. The second kappa shape index (κ2) is 11.1. The van der Waals surface area contributed by atoms with Crippen molar-refractivity contribution in [3.8, 4) is 11.4 Å². The molecule has 3 heterocycles. The van der Waals surface area contributed by atoms with Crippen LogP contribution in [0.1, 0.15) is 0 Å². The fourth-order valence-electron chi connectivity index (χ4n) is 3.29. The molecule has 1 aliphatic rings. The zero-order valence-corrected chi connectivity index (χ0v) is 19.5. The number of carbonyl (C=O) groups is 1. The third kappa shape index (κ3) is 5.79. The average molecular weight is 493 g/mol. The molecule has 0 spiro atoms. The highest BCUT2D eigenvalue weighted by Crippen LogP contribution is 2.30. The molecule has 11 heteroatoms. The number of ether oxygens (including phenoxy) is 1. The first-order chi connectivity index (χ1) is 15.6. The van der Waals surface area contributed by atoms with E-state index in [1.54, 1.807) is 30.6 Å². The van der Waals surface area contributed by atoms with Crippen LogP contribution < -0.4 is 5.32 Å². The van der Waals surface area contributed by atoms with Crippen molar-refractivity contribution in [1.29, 1.82) is 0 Å². The summed E-state index contributed by atoms with van der Waals surface area (Å²) in [6.45, 7) is 4.80. The molecule has 1 fully saturated rings. The molecule has 0 radical (unpaired) electrons. The number of carbonyl (C=O) groups excluding carboxylic acids is 1. The first-order valence-corrected chi connectivity index (χ1v) is 11.9. The molecule has 1 N–H and O–H groups in total. The van der Waals surface area contributed by atoms with Crippen molar-refractivity contribution in [1.82, 2.24) is 24.6 Å². The van der Waals surface area contributed by atoms with Gasteiger partial charge in [-0.1, -0.05) is 41.0 Å². The quantitative estimate of drug-likeness (QED) is 0.479. The number of hydrogen-bond donors (Lipinski definition) is 1. The molecule has 1 aromatic carbocycles. The van der Waals surface area contributed by atoms with E-state index in [-0.39, 0.29) is 11.7 Å². The van der Waals surface area contributed by atoms with Gasteiger partial charge in [0.25, 0.3) is 0 Å². The topological polar surface area (TPSA) is 85.2 Å². The molecule has 0 bridgehead atoms. The highest BCUT2D eigenvalue weighted by molar-refractivity contribution is 7.99. The Morgan fingerprint density at radius 2 is 1.88 bits per heavy atom. The molecule has 8 nitrogen and oxygen atoms in total. The van der Waals surface area contributed by atoms with Gasteiger partial charge in [0.15, 0.2) is 11.0 Å². The van der Waals surface area contributed by atoms with E-state index in [2.05, 4.69) is 25.4 Å². The molecule has 0 unspecified atom stereocenters. The van der Waals surface area contributed by atoms with E-state index in [1.165, 1.54) is 11.8 Å². The van der Waals surface area contributed by atoms with Crippen LogP contribution in [-0.4, -0.2) is 69.2 Å². The lowest BCUT2D eigenvalue weighted by Gasteiger charge is -2.27. The summed E-state index contributed by atoms with van der Waals surface area (Å²) in [6.07, 6.45) is 3.48. The van der Waals surface area contributed by atoms with Crippen molar-refractivity contribution in [2.24, 2.45) is 0 Å². The van der Waals surface area contributed by atoms with Crippen LogP contribution in [0.2, 0.25) is 10.0 Å². The number of morpholine rings is 1. The number of nitrogens with zero attached hydrogens (tertiary/aromatic N) is 5. The third-order valence-corrected chi connectivity index (χ3v) is 6.54. The molecule has 1 aliphatic heterocycles. The SMILES string of the molecule is O=C(CSc1nnc(-c2cccnc2)n1CCN1CCOCC1)Nc1c(Cl)cccc1Cl. The number of nitrogens with one attached hydrogen (secondary N) is 1. The van der Waals surface area contributed by atoms with E-state index in [0.717, 1.165) is 44.2 Å². The summed E-state index contributed by atoms with van der Waals surface area (Å²) < 4.78 is 7.47. The Bertz CT molecular complexity index is 1040. The summed E-state index contributed by atoms with van der Waals surface area (Å²) in [4.78, 5) is 19.1. The Morgan fingerprint density at radius 3 is 2.59 bits per heavy atom. The zero-order valence-electron chi connectivity index (χ0n) is 17.2. The van der Waals surface area contributed by atoms with E-state index in [4.69, 9.17) is 27.9 Å². The maximum absolute atomic E-state index is 12.5. The lowest BCUT2D eigenvalue weighted by Crippen LogP contribution is -2.38. The van der Waals surface area contributed by atoms with Crippen LogP contribution in [0.15, 0.2) is 47.9 Å². The number of pyridine rings is 1. The van der Waals surface area contributed by atoms with E-state index in [9.17, 15) is 4.79 Å². The van der Waals surface area contributed by atoms with Gasteiger partial charge in [0.05, 0.1) is 34.7 Å². The summed E-state index contributed by atoms with van der Waals surface area (Å²) >= 11 is 13.6. The number of amides is 1. The van der Waals surface area contributed by atoms with Gasteiger partial charge in [0, 0.05) is 44.1 Å². The van der Waals surface area contributed by atoms with Gasteiger partial charge in [-0.2, -0.15) is 0 Å². The number of para-hydroxylation sites is 1. The van der Waals surface area contributed by atoms with Gasteiger partial charge in [-0.15, -0.1) is 10.2 Å². The van der Waals surface area contributed by atoms with Crippen molar-refractivity contribution in [3.63, 3.8) is 0 Å². The normalized spacial score (nSPS) is 14.4. The van der Waals surface area contributed by atoms with Crippen molar-refractivity contribution >= 4 is 46.6 Å². The number of hydrogen-bond acceptors (Lipinski definition) is 7. The maximum Gasteiger partial charge on any atom is 0.234 e. The van der Waals surface area contributed by atoms with Crippen LogP contribution in [0.3, 0.4) is 0 Å². The standard InChI is InChI=1S/C21H22Cl2N6O2S/c22-16-4-1-5-17(23)19(16)25-18(30)14-32-21-27-26-20(15-3-2-6-24-13-15)29(21)8-7-28-9-11-31-12-10-28/h1-6,13H,7-12,14H2,(H,25,30). The molecule has 4 rings (SSSR count).